The lowest BCUT2D eigenvalue weighted by Gasteiger charge is -2.22. The van der Waals surface area contributed by atoms with Crippen molar-refractivity contribution >= 4 is 33.0 Å². The topological polar surface area (TPSA) is 66.5 Å². The van der Waals surface area contributed by atoms with Crippen molar-refractivity contribution in [3.8, 4) is 0 Å². The smallest absolute Gasteiger partial charge is 0.228 e. The number of hydrogen-bond acceptors (Lipinski definition) is 4. The van der Waals surface area contributed by atoms with Crippen molar-refractivity contribution in [1.82, 2.24) is 4.90 Å². The van der Waals surface area contributed by atoms with Crippen LogP contribution in [0.3, 0.4) is 0 Å². The van der Waals surface area contributed by atoms with Gasteiger partial charge in [-0.25, -0.2) is 8.42 Å². The van der Waals surface area contributed by atoms with E-state index in [9.17, 15) is 13.2 Å². The van der Waals surface area contributed by atoms with Crippen LogP contribution in [0, 0.1) is 0 Å². The summed E-state index contributed by atoms with van der Waals surface area (Å²) in [5.74, 6) is -0.0907. The number of halogens is 1. The largest absolute Gasteiger partial charge is 0.326 e. The van der Waals surface area contributed by atoms with E-state index < -0.39 is 9.84 Å². The third kappa shape index (κ3) is 7.69. The second-order valence-corrected chi connectivity index (χ2v) is 11.0. The predicted molar refractivity (Wildman–Crippen MR) is 139 cm³/mol. The molecule has 0 aliphatic rings. The highest BCUT2D eigenvalue weighted by molar-refractivity contribution is 7.91. The summed E-state index contributed by atoms with van der Waals surface area (Å²) in [4.78, 5) is 15.1. The number of nitrogens with one attached hydrogen (secondary N) is 1. The number of sulfone groups is 1. The van der Waals surface area contributed by atoms with E-state index in [1.165, 1.54) is 11.1 Å². The lowest BCUT2D eigenvalue weighted by Crippen LogP contribution is -2.23. The number of carbonyl (C=O) groups excluding carboxylic acids is 1. The van der Waals surface area contributed by atoms with E-state index in [-0.39, 0.29) is 23.0 Å². The fraction of sp³-hybridized carbons (Fsp3) is 0.296. The molecule has 1 amide bonds. The molecule has 0 aliphatic carbocycles. The van der Waals surface area contributed by atoms with Gasteiger partial charge in [-0.1, -0.05) is 61.8 Å². The molecule has 0 radical (unpaired) electrons. The number of rotatable bonds is 11. The maximum absolute atomic E-state index is 12.5. The molecule has 0 unspecified atom stereocenters. The van der Waals surface area contributed by atoms with E-state index in [4.69, 9.17) is 11.6 Å². The minimum atomic E-state index is -3.24. The van der Waals surface area contributed by atoms with Crippen molar-refractivity contribution in [1.29, 1.82) is 0 Å². The Labute approximate surface area is 207 Å². The molecule has 7 heteroatoms. The zero-order chi connectivity index (χ0) is 24.6. The van der Waals surface area contributed by atoms with Crippen LogP contribution in [0.2, 0.25) is 5.02 Å². The first-order valence-corrected chi connectivity index (χ1v) is 13.5. The van der Waals surface area contributed by atoms with Gasteiger partial charge in [0.15, 0.2) is 9.84 Å². The molecule has 0 bridgehead atoms. The van der Waals surface area contributed by atoms with Gasteiger partial charge in [-0.2, -0.15) is 0 Å². The molecule has 0 atom stereocenters. The summed E-state index contributed by atoms with van der Waals surface area (Å²) in [6.45, 7) is 6.39. The van der Waals surface area contributed by atoms with Gasteiger partial charge in [0.2, 0.25) is 5.91 Å². The fourth-order valence-electron chi connectivity index (χ4n) is 3.75. The molecular formula is C27H31ClN2O3S. The molecule has 3 aromatic carbocycles. The molecule has 0 aliphatic heterocycles. The second-order valence-electron chi connectivity index (χ2n) is 8.31. The first kappa shape index (κ1) is 25.9. The van der Waals surface area contributed by atoms with Crippen LogP contribution in [-0.4, -0.2) is 31.5 Å². The quantitative estimate of drug-likeness (QED) is 0.367. The highest BCUT2D eigenvalue weighted by Gasteiger charge is 2.12. The lowest BCUT2D eigenvalue weighted by molar-refractivity contribution is -0.115. The molecule has 34 heavy (non-hydrogen) atoms. The van der Waals surface area contributed by atoms with Crippen molar-refractivity contribution in [2.24, 2.45) is 0 Å². The van der Waals surface area contributed by atoms with Gasteiger partial charge < -0.3 is 5.32 Å². The SMILES string of the molecule is CCCN(Cc1ccc(NC(=O)Cc2ccc(S(=O)(=O)CC)cc2)cc1)Cc1cccc(Cl)c1. The Hall–Kier alpha value is -2.67. The zero-order valence-corrected chi connectivity index (χ0v) is 21.2. The Balaban J connectivity index is 1.56. The maximum atomic E-state index is 12.5. The summed E-state index contributed by atoms with van der Waals surface area (Å²) in [7, 11) is -3.24. The van der Waals surface area contributed by atoms with Crippen molar-refractivity contribution in [3.63, 3.8) is 0 Å². The van der Waals surface area contributed by atoms with Crippen molar-refractivity contribution < 1.29 is 13.2 Å². The molecule has 0 saturated heterocycles. The lowest BCUT2D eigenvalue weighted by atomic mass is 10.1. The van der Waals surface area contributed by atoms with Gasteiger partial charge in [0.05, 0.1) is 17.1 Å². The minimum Gasteiger partial charge on any atom is -0.326 e. The Morgan fingerprint density at radius 3 is 2.15 bits per heavy atom. The average Bonchev–Trinajstić information content (AvgIpc) is 2.81. The van der Waals surface area contributed by atoms with Gasteiger partial charge in [-0.3, -0.25) is 9.69 Å². The molecule has 3 aromatic rings. The fourth-order valence-corrected chi connectivity index (χ4v) is 4.84. The normalized spacial score (nSPS) is 11.5. The Kier molecular flexibility index (Phi) is 9.28. The van der Waals surface area contributed by atoms with Gasteiger partial charge in [0.1, 0.15) is 0 Å². The van der Waals surface area contributed by atoms with Crippen molar-refractivity contribution in [3.05, 3.63) is 94.5 Å². The molecule has 0 fully saturated rings. The summed E-state index contributed by atoms with van der Waals surface area (Å²) in [6.07, 6.45) is 1.23. The molecule has 0 saturated carbocycles. The monoisotopic (exact) mass is 498 g/mol. The van der Waals surface area contributed by atoms with Gasteiger partial charge in [-0.05, 0) is 66.1 Å². The Morgan fingerprint density at radius 1 is 0.882 bits per heavy atom. The predicted octanol–water partition coefficient (Wildman–Crippen LogP) is 5.73. The number of amides is 1. The maximum Gasteiger partial charge on any atom is 0.228 e. The third-order valence-corrected chi connectivity index (χ3v) is 7.49. The number of hydrogen-bond donors (Lipinski definition) is 1. The van der Waals surface area contributed by atoms with Crippen LogP contribution >= 0.6 is 11.6 Å². The third-order valence-electron chi connectivity index (χ3n) is 5.51. The van der Waals surface area contributed by atoms with Crippen LogP contribution in [0.1, 0.15) is 37.0 Å². The van der Waals surface area contributed by atoms with Crippen LogP contribution in [0.25, 0.3) is 0 Å². The van der Waals surface area contributed by atoms with E-state index in [0.717, 1.165) is 42.3 Å². The Bertz CT molecular complexity index is 1190. The van der Waals surface area contributed by atoms with E-state index in [0.29, 0.717) is 0 Å². The summed E-state index contributed by atoms with van der Waals surface area (Å²) in [5.41, 5.74) is 3.85. The highest BCUT2D eigenvalue weighted by atomic mass is 35.5. The van der Waals surface area contributed by atoms with Gasteiger partial charge in [-0.15, -0.1) is 0 Å². The van der Waals surface area contributed by atoms with Crippen LogP contribution < -0.4 is 5.32 Å². The molecule has 0 aromatic heterocycles. The Morgan fingerprint density at radius 2 is 1.53 bits per heavy atom. The van der Waals surface area contributed by atoms with Gasteiger partial charge in [0, 0.05) is 23.8 Å². The molecule has 3 rings (SSSR count). The van der Waals surface area contributed by atoms with E-state index in [1.54, 1.807) is 31.2 Å². The first-order valence-electron chi connectivity index (χ1n) is 11.5. The summed E-state index contributed by atoms with van der Waals surface area (Å²) in [6, 6.07) is 22.3. The van der Waals surface area contributed by atoms with Crippen molar-refractivity contribution in [2.75, 3.05) is 17.6 Å². The van der Waals surface area contributed by atoms with Gasteiger partial charge >= 0.3 is 0 Å². The number of benzene rings is 3. The van der Waals surface area contributed by atoms with Crippen molar-refractivity contribution in [2.45, 2.75) is 44.7 Å². The van der Waals surface area contributed by atoms with Crippen LogP contribution in [-0.2, 0) is 34.1 Å². The summed E-state index contributed by atoms with van der Waals surface area (Å²) < 4.78 is 23.8. The number of carbonyl (C=O) groups is 1. The van der Waals surface area contributed by atoms with Crippen LogP contribution in [0.15, 0.2) is 77.7 Å². The number of nitrogens with zero attached hydrogens (tertiary/aromatic N) is 1. The van der Waals surface area contributed by atoms with E-state index >= 15 is 0 Å². The zero-order valence-electron chi connectivity index (χ0n) is 19.6. The summed E-state index contributed by atoms with van der Waals surface area (Å²) in [5, 5.41) is 3.66. The minimum absolute atomic E-state index is 0.0552. The molecule has 0 spiro atoms. The molecule has 180 valence electrons. The van der Waals surface area contributed by atoms with Crippen LogP contribution in [0.5, 0.6) is 0 Å². The van der Waals surface area contributed by atoms with E-state index in [1.807, 2.05) is 42.5 Å². The van der Waals surface area contributed by atoms with E-state index in [2.05, 4.69) is 23.2 Å². The number of anilines is 1. The molecule has 5 nitrogen and oxygen atoms in total. The standard InChI is InChI=1S/C27H31ClN2O3S/c1-3-16-30(20-23-6-5-7-24(28)17-23)19-22-8-12-25(13-9-22)29-27(31)18-21-10-14-26(15-11-21)34(32,33)4-2/h5-15,17H,3-4,16,18-20H2,1-2H3,(H,29,31). The summed E-state index contributed by atoms with van der Waals surface area (Å²) >= 11 is 6.13. The molecule has 1 N–H and O–H groups in total. The highest BCUT2D eigenvalue weighted by Crippen LogP contribution is 2.17. The molecular weight excluding hydrogens is 468 g/mol. The van der Waals surface area contributed by atoms with Crippen LogP contribution in [0.4, 0.5) is 5.69 Å². The van der Waals surface area contributed by atoms with Gasteiger partial charge in [0.25, 0.3) is 0 Å². The molecule has 0 heterocycles. The second kappa shape index (κ2) is 12.2. The first-order chi connectivity index (χ1) is 16.3. The average molecular weight is 499 g/mol.